The van der Waals surface area contributed by atoms with Crippen LogP contribution in [0.5, 0.6) is 0 Å². The third kappa shape index (κ3) is 3.14. The van der Waals surface area contributed by atoms with Crippen LogP contribution in [0, 0.1) is 5.92 Å². The second-order valence-electron chi connectivity index (χ2n) is 8.12. The van der Waals surface area contributed by atoms with E-state index in [4.69, 9.17) is 0 Å². The fourth-order valence-electron chi connectivity index (χ4n) is 5.06. The second-order valence-corrected chi connectivity index (χ2v) is 8.12. The van der Waals surface area contributed by atoms with Crippen LogP contribution in [0.2, 0.25) is 0 Å². The Kier molecular flexibility index (Phi) is 4.71. The van der Waals surface area contributed by atoms with Gasteiger partial charge in [-0.2, -0.15) is 13.2 Å². The third-order valence-corrected chi connectivity index (χ3v) is 6.61. The minimum absolute atomic E-state index is 0.0534. The highest BCUT2D eigenvalue weighted by Crippen LogP contribution is 2.54. The molecule has 2 aliphatic heterocycles. The molecule has 3 aliphatic rings. The van der Waals surface area contributed by atoms with Gasteiger partial charge >= 0.3 is 6.18 Å². The standard InChI is InChI=1S/C20H25F3N2O2/c21-20(22,23)9-10-25-16(11-26)17(14-5-2-1-3-6-14)19(25)12-24(13-19)18(27)15-7-4-8-15/h1-3,5-6,15-17,26H,4,7-13H2/t16-,17+/m1/s1. The Labute approximate surface area is 156 Å². The summed E-state index contributed by atoms with van der Waals surface area (Å²) in [5, 5.41) is 9.88. The molecule has 1 spiro atoms. The van der Waals surface area contributed by atoms with Gasteiger partial charge in [-0.05, 0) is 18.4 Å². The van der Waals surface area contributed by atoms with Gasteiger partial charge in [-0.25, -0.2) is 0 Å². The quantitative estimate of drug-likeness (QED) is 0.852. The molecule has 2 atom stereocenters. The van der Waals surface area contributed by atoms with E-state index >= 15 is 0 Å². The highest BCUT2D eigenvalue weighted by Gasteiger charge is 2.66. The Morgan fingerprint density at radius 1 is 1.19 bits per heavy atom. The summed E-state index contributed by atoms with van der Waals surface area (Å²) in [7, 11) is 0. The SMILES string of the molecule is O=C(C1CCC1)N1CC2(C1)[C@@H](c1ccccc1)[C@@H](CO)N2CCC(F)(F)F. The van der Waals surface area contributed by atoms with Gasteiger partial charge in [-0.1, -0.05) is 36.8 Å². The zero-order valence-corrected chi connectivity index (χ0v) is 15.2. The molecule has 1 aliphatic carbocycles. The minimum atomic E-state index is -4.23. The van der Waals surface area contributed by atoms with Gasteiger partial charge in [-0.3, -0.25) is 9.69 Å². The van der Waals surface area contributed by atoms with E-state index in [1.165, 1.54) is 0 Å². The topological polar surface area (TPSA) is 43.8 Å². The number of hydrogen-bond acceptors (Lipinski definition) is 3. The molecule has 2 saturated heterocycles. The summed E-state index contributed by atoms with van der Waals surface area (Å²) >= 11 is 0. The maximum absolute atomic E-state index is 12.8. The lowest BCUT2D eigenvalue weighted by Crippen LogP contribution is -2.85. The number of carbonyl (C=O) groups is 1. The number of aliphatic hydroxyl groups excluding tert-OH is 1. The third-order valence-electron chi connectivity index (χ3n) is 6.61. The summed E-state index contributed by atoms with van der Waals surface area (Å²) in [6, 6.07) is 9.31. The van der Waals surface area contributed by atoms with E-state index in [-0.39, 0.29) is 36.9 Å². The molecule has 0 bridgehead atoms. The minimum Gasteiger partial charge on any atom is -0.395 e. The van der Waals surface area contributed by atoms with Crippen molar-refractivity contribution in [2.24, 2.45) is 5.92 Å². The Balaban J connectivity index is 1.54. The molecule has 1 saturated carbocycles. The number of halogens is 3. The van der Waals surface area contributed by atoms with Crippen LogP contribution in [0.25, 0.3) is 0 Å². The van der Waals surface area contributed by atoms with Crippen molar-refractivity contribution in [1.29, 1.82) is 0 Å². The van der Waals surface area contributed by atoms with Crippen LogP contribution < -0.4 is 0 Å². The first-order valence-electron chi connectivity index (χ1n) is 9.64. The summed E-state index contributed by atoms with van der Waals surface area (Å²) < 4.78 is 38.4. The predicted molar refractivity (Wildman–Crippen MR) is 94.1 cm³/mol. The first kappa shape index (κ1) is 18.7. The lowest BCUT2D eigenvalue weighted by molar-refractivity contribution is -0.212. The van der Waals surface area contributed by atoms with Gasteiger partial charge in [0, 0.05) is 37.5 Å². The lowest BCUT2D eigenvalue weighted by atomic mass is 9.60. The van der Waals surface area contributed by atoms with Crippen molar-refractivity contribution in [3.8, 4) is 0 Å². The van der Waals surface area contributed by atoms with Crippen LogP contribution in [0.4, 0.5) is 13.2 Å². The number of hydrogen-bond donors (Lipinski definition) is 1. The highest BCUT2D eigenvalue weighted by molar-refractivity contribution is 5.81. The number of nitrogens with zero attached hydrogens (tertiary/aromatic N) is 2. The van der Waals surface area contributed by atoms with Crippen molar-refractivity contribution in [3.05, 3.63) is 35.9 Å². The van der Waals surface area contributed by atoms with Gasteiger partial charge in [0.05, 0.1) is 18.6 Å². The maximum atomic E-state index is 12.8. The number of benzene rings is 1. The molecular formula is C20H25F3N2O2. The summed E-state index contributed by atoms with van der Waals surface area (Å²) in [6.45, 7) is 0.589. The average molecular weight is 382 g/mol. The molecule has 7 heteroatoms. The predicted octanol–water partition coefficient (Wildman–Crippen LogP) is 2.78. The fraction of sp³-hybridized carbons (Fsp3) is 0.650. The normalized spacial score (nSPS) is 27.8. The Morgan fingerprint density at radius 3 is 2.37 bits per heavy atom. The van der Waals surface area contributed by atoms with Gasteiger partial charge in [-0.15, -0.1) is 0 Å². The number of alkyl halides is 3. The van der Waals surface area contributed by atoms with Gasteiger partial charge in [0.1, 0.15) is 0 Å². The first-order valence-corrected chi connectivity index (χ1v) is 9.64. The number of rotatable bonds is 5. The largest absolute Gasteiger partial charge is 0.395 e. The molecule has 4 rings (SSSR count). The fourth-order valence-corrected chi connectivity index (χ4v) is 5.06. The van der Waals surface area contributed by atoms with E-state index in [9.17, 15) is 23.1 Å². The Morgan fingerprint density at radius 2 is 1.85 bits per heavy atom. The number of likely N-dealkylation sites (tertiary alicyclic amines) is 2. The molecule has 2 heterocycles. The van der Waals surface area contributed by atoms with Gasteiger partial charge in [0.15, 0.2) is 0 Å². The van der Waals surface area contributed by atoms with Crippen molar-refractivity contribution < 1.29 is 23.1 Å². The van der Waals surface area contributed by atoms with Crippen molar-refractivity contribution in [2.75, 3.05) is 26.2 Å². The number of amides is 1. The molecule has 0 aromatic heterocycles. The molecule has 4 nitrogen and oxygen atoms in total. The monoisotopic (exact) mass is 382 g/mol. The van der Waals surface area contributed by atoms with E-state index in [1.54, 1.807) is 9.80 Å². The van der Waals surface area contributed by atoms with E-state index in [1.807, 2.05) is 30.3 Å². The van der Waals surface area contributed by atoms with E-state index < -0.39 is 18.1 Å². The Hall–Kier alpha value is -1.60. The van der Waals surface area contributed by atoms with E-state index in [0.29, 0.717) is 13.1 Å². The molecule has 1 aromatic rings. The number of aliphatic hydroxyl groups is 1. The Bertz CT molecular complexity index is 684. The molecule has 1 amide bonds. The highest BCUT2D eigenvalue weighted by atomic mass is 19.4. The van der Waals surface area contributed by atoms with Gasteiger partial charge < -0.3 is 10.0 Å². The van der Waals surface area contributed by atoms with Crippen LogP contribution in [-0.2, 0) is 4.79 Å². The van der Waals surface area contributed by atoms with Crippen LogP contribution >= 0.6 is 0 Å². The number of carbonyl (C=O) groups excluding carboxylic acids is 1. The lowest BCUT2D eigenvalue weighted by Gasteiger charge is -2.71. The molecule has 1 N–H and O–H groups in total. The zero-order chi connectivity index (χ0) is 19.2. The van der Waals surface area contributed by atoms with Crippen LogP contribution in [-0.4, -0.2) is 64.8 Å². The summed E-state index contributed by atoms with van der Waals surface area (Å²) in [4.78, 5) is 16.1. The summed E-state index contributed by atoms with van der Waals surface area (Å²) in [5.41, 5.74) is 0.537. The van der Waals surface area contributed by atoms with Crippen molar-refractivity contribution in [3.63, 3.8) is 0 Å². The molecule has 148 valence electrons. The first-order chi connectivity index (χ1) is 12.9. The van der Waals surface area contributed by atoms with Crippen LogP contribution in [0.15, 0.2) is 30.3 Å². The van der Waals surface area contributed by atoms with Gasteiger partial charge in [0.2, 0.25) is 5.91 Å². The molecule has 0 unspecified atom stereocenters. The van der Waals surface area contributed by atoms with E-state index in [2.05, 4.69) is 0 Å². The van der Waals surface area contributed by atoms with Crippen LogP contribution in [0.1, 0.15) is 37.2 Å². The molecule has 0 radical (unpaired) electrons. The molecule has 1 aromatic carbocycles. The summed E-state index contributed by atoms with van der Waals surface area (Å²) in [6.07, 6.45) is -2.22. The smallest absolute Gasteiger partial charge is 0.390 e. The van der Waals surface area contributed by atoms with Crippen molar-refractivity contribution >= 4 is 5.91 Å². The second kappa shape index (κ2) is 6.78. The summed E-state index contributed by atoms with van der Waals surface area (Å²) in [5.74, 6) is 0.180. The zero-order valence-electron chi connectivity index (χ0n) is 15.2. The molecular weight excluding hydrogens is 357 g/mol. The van der Waals surface area contributed by atoms with Crippen LogP contribution in [0.3, 0.4) is 0 Å². The van der Waals surface area contributed by atoms with E-state index in [0.717, 1.165) is 24.8 Å². The molecule has 3 fully saturated rings. The maximum Gasteiger partial charge on any atom is 0.390 e. The van der Waals surface area contributed by atoms with Crippen molar-refractivity contribution in [2.45, 2.75) is 49.4 Å². The average Bonchev–Trinajstić information content (AvgIpc) is 2.51. The molecule has 27 heavy (non-hydrogen) atoms. The van der Waals surface area contributed by atoms with Crippen molar-refractivity contribution in [1.82, 2.24) is 9.80 Å². The van der Waals surface area contributed by atoms with Gasteiger partial charge in [0.25, 0.3) is 0 Å².